The summed E-state index contributed by atoms with van der Waals surface area (Å²) in [5, 5.41) is 2.68. The van der Waals surface area contributed by atoms with E-state index in [0.717, 1.165) is 0 Å². The van der Waals surface area contributed by atoms with Gasteiger partial charge in [-0.05, 0) is 23.3 Å². The number of hydrogen-bond donors (Lipinski definition) is 0. The molecule has 0 atom stereocenters. The maximum Gasteiger partial charge on any atom is 1.00 e. The van der Waals surface area contributed by atoms with Gasteiger partial charge in [0, 0.05) is 0 Å². The summed E-state index contributed by atoms with van der Waals surface area (Å²) < 4.78 is 59.2. The smallest absolute Gasteiger partial charge is 0.107 e. The van der Waals surface area contributed by atoms with Crippen molar-refractivity contribution < 1.29 is 26.6 Å². The minimum Gasteiger partial charge on any atom is -0.107 e. The third-order valence-corrected chi connectivity index (χ3v) is 2.01. The molecular formula is C11H12F6IP. The Labute approximate surface area is 124 Å². The molecule has 0 aliphatic heterocycles. The van der Waals surface area contributed by atoms with Crippen molar-refractivity contribution >= 4 is 42.6 Å². The molecule has 0 N–H and O–H groups in total. The first-order valence-corrected chi connectivity index (χ1v) is 6.86. The van der Waals surface area contributed by atoms with Crippen LogP contribution in [0.3, 0.4) is 0 Å². The molecule has 0 bridgehead atoms. The van der Waals surface area contributed by atoms with Crippen LogP contribution in [0.2, 0.25) is 0 Å². The molecule has 0 spiro atoms. The van der Waals surface area contributed by atoms with Gasteiger partial charge in [0.05, 0.1) is 0 Å². The number of hydrogen-bond acceptors (Lipinski definition) is 0. The molecule has 19 heavy (non-hydrogen) atoms. The second-order valence-electron chi connectivity index (χ2n) is 3.75. The summed E-state index contributed by atoms with van der Waals surface area (Å²) in [5.74, 6) is 0. The van der Waals surface area contributed by atoms with Gasteiger partial charge in [-0.3, -0.25) is 0 Å². The van der Waals surface area contributed by atoms with Gasteiger partial charge in [-0.1, -0.05) is 42.5 Å². The number of fused-ring (bicyclic) bond motifs is 1. The second kappa shape index (κ2) is 5.09. The molecule has 0 radical (unpaired) electrons. The zero-order valence-electron chi connectivity index (χ0n) is 10.7. The fourth-order valence-electron chi connectivity index (χ4n) is 1.39. The Hall–Kier alpha value is -0.560. The largest absolute Gasteiger partial charge is 1.00 e. The van der Waals surface area contributed by atoms with E-state index in [1.54, 1.807) is 0 Å². The monoisotopic (exact) mass is 416 g/mol. The Morgan fingerprint density at radius 1 is 0.789 bits per heavy atom. The van der Waals surface area contributed by atoms with Crippen molar-refractivity contribution in [2.45, 2.75) is 6.92 Å². The van der Waals surface area contributed by atoms with Gasteiger partial charge in [-0.25, -0.2) is 0 Å². The molecule has 0 fully saturated rings. The molecule has 0 saturated heterocycles. The average molecular weight is 416 g/mol. The number of halogens is 7. The molecule has 2 aromatic carbocycles. The Kier molecular flexibility index (Phi) is 4.94. The SMILES string of the molecule is Cc1cccc2ccccc12.F[P-](F)(F)(F)(F)F.I.[H+]. The topological polar surface area (TPSA) is 0 Å². The van der Waals surface area contributed by atoms with Crippen LogP contribution in [0.15, 0.2) is 42.5 Å². The van der Waals surface area contributed by atoms with E-state index >= 15 is 0 Å². The van der Waals surface area contributed by atoms with Crippen LogP contribution in [0.1, 0.15) is 6.99 Å². The van der Waals surface area contributed by atoms with Crippen LogP contribution in [-0.2, 0) is 0 Å². The molecule has 0 heterocycles. The first-order valence-electron chi connectivity index (χ1n) is 4.84. The van der Waals surface area contributed by atoms with Crippen molar-refractivity contribution in [1.82, 2.24) is 0 Å². The van der Waals surface area contributed by atoms with Crippen molar-refractivity contribution in [3.8, 4) is 0 Å². The molecule has 2 aromatic rings. The molecule has 0 amide bonds. The van der Waals surface area contributed by atoms with Crippen LogP contribution < -0.4 is 0 Å². The molecule has 0 saturated carbocycles. The Morgan fingerprint density at radius 3 is 1.68 bits per heavy atom. The molecule has 0 aliphatic rings. The van der Waals surface area contributed by atoms with E-state index in [0.29, 0.717) is 0 Å². The first-order chi connectivity index (χ1) is 7.83. The minimum absolute atomic E-state index is 0. The van der Waals surface area contributed by atoms with E-state index in [1.807, 2.05) is 0 Å². The molecule has 0 nitrogen and oxygen atoms in total. The van der Waals surface area contributed by atoms with Gasteiger partial charge < -0.3 is 0 Å². The summed E-state index contributed by atoms with van der Waals surface area (Å²) in [6, 6.07) is 14.8. The molecule has 0 aliphatic carbocycles. The van der Waals surface area contributed by atoms with Gasteiger partial charge in [-0.2, -0.15) is 0 Å². The fraction of sp³-hybridized carbons (Fsp3) is 0.0909. The van der Waals surface area contributed by atoms with Crippen LogP contribution in [0, 0.1) is 6.92 Å². The van der Waals surface area contributed by atoms with Gasteiger partial charge in [0.25, 0.3) is 0 Å². The zero-order chi connectivity index (χ0) is 14.1. The van der Waals surface area contributed by atoms with Crippen molar-refractivity contribution in [3.05, 3.63) is 48.0 Å². The Morgan fingerprint density at radius 2 is 1.21 bits per heavy atom. The average Bonchev–Trinajstić information content (AvgIpc) is 2.14. The van der Waals surface area contributed by atoms with Crippen LogP contribution in [0.5, 0.6) is 0 Å². The van der Waals surface area contributed by atoms with E-state index in [2.05, 4.69) is 49.4 Å². The summed E-state index contributed by atoms with van der Waals surface area (Å²) in [5.41, 5.74) is 1.35. The predicted octanol–water partition coefficient (Wildman–Crippen LogP) is 7.26. The summed E-state index contributed by atoms with van der Waals surface area (Å²) >= 11 is 0. The molecule has 2 rings (SSSR count). The van der Waals surface area contributed by atoms with E-state index in [4.69, 9.17) is 0 Å². The second-order valence-corrected chi connectivity index (χ2v) is 5.67. The minimum atomic E-state index is -10.7. The van der Waals surface area contributed by atoms with Gasteiger partial charge in [-0.15, -0.1) is 24.0 Å². The standard InChI is InChI=1S/C11H10.F6P.HI/c1-9-5-4-7-10-6-2-3-8-11(9)10;1-7(2,3,4,5)6;/h2-8H,1H3;;1H/q;-1;/p+1. The van der Waals surface area contributed by atoms with E-state index in [9.17, 15) is 25.2 Å². The summed E-state index contributed by atoms with van der Waals surface area (Å²) in [6.07, 6.45) is 0. The summed E-state index contributed by atoms with van der Waals surface area (Å²) in [7, 11) is -10.7. The number of rotatable bonds is 0. The van der Waals surface area contributed by atoms with Crippen LogP contribution in [0.4, 0.5) is 25.2 Å². The van der Waals surface area contributed by atoms with Gasteiger partial charge in [0.2, 0.25) is 0 Å². The summed E-state index contributed by atoms with van der Waals surface area (Å²) in [6.45, 7) is 2.14. The fourth-order valence-corrected chi connectivity index (χ4v) is 1.39. The van der Waals surface area contributed by atoms with Crippen molar-refractivity contribution in [3.63, 3.8) is 0 Å². The number of aryl methyl sites for hydroxylation is 1. The van der Waals surface area contributed by atoms with Crippen molar-refractivity contribution in [2.24, 2.45) is 0 Å². The third kappa shape index (κ3) is 9.95. The van der Waals surface area contributed by atoms with Crippen molar-refractivity contribution in [2.75, 3.05) is 0 Å². The maximum atomic E-state index is 9.87. The molecule has 0 unspecified atom stereocenters. The van der Waals surface area contributed by atoms with Gasteiger partial charge in [0.15, 0.2) is 0 Å². The molecule has 0 aromatic heterocycles. The normalized spacial score (nSPS) is 14.5. The molecule has 8 heteroatoms. The first kappa shape index (κ1) is 18.4. The Bertz CT molecular complexity index is 552. The van der Waals surface area contributed by atoms with E-state index < -0.39 is 7.81 Å². The van der Waals surface area contributed by atoms with Crippen LogP contribution >= 0.6 is 31.8 Å². The zero-order valence-corrected chi connectivity index (χ0v) is 12.9. The van der Waals surface area contributed by atoms with Crippen LogP contribution in [0.25, 0.3) is 10.8 Å². The number of benzene rings is 2. The van der Waals surface area contributed by atoms with E-state index in [-0.39, 0.29) is 25.4 Å². The molecular weight excluding hydrogens is 404 g/mol. The Balaban J connectivity index is 0. The third-order valence-electron chi connectivity index (χ3n) is 2.01. The molecule has 110 valence electrons. The van der Waals surface area contributed by atoms with Gasteiger partial charge >= 0.3 is 34.4 Å². The predicted molar refractivity (Wildman–Crippen MR) is 78.8 cm³/mol. The quantitative estimate of drug-likeness (QED) is 0.241. The summed E-state index contributed by atoms with van der Waals surface area (Å²) in [4.78, 5) is 0. The van der Waals surface area contributed by atoms with E-state index in [1.165, 1.54) is 16.3 Å². The van der Waals surface area contributed by atoms with Gasteiger partial charge in [0.1, 0.15) is 0 Å². The maximum absolute atomic E-state index is 10.7. The van der Waals surface area contributed by atoms with Crippen molar-refractivity contribution in [1.29, 1.82) is 0 Å². The van der Waals surface area contributed by atoms with Crippen LogP contribution in [-0.4, -0.2) is 0 Å².